The van der Waals surface area contributed by atoms with Crippen molar-refractivity contribution in [1.29, 1.82) is 0 Å². The lowest BCUT2D eigenvalue weighted by Gasteiger charge is -2.09. The predicted octanol–water partition coefficient (Wildman–Crippen LogP) is 4.06. The van der Waals surface area contributed by atoms with E-state index in [2.05, 4.69) is 46.5 Å². The van der Waals surface area contributed by atoms with Gasteiger partial charge in [-0.05, 0) is 46.3 Å². The van der Waals surface area contributed by atoms with Gasteiger partial charge < -0.3 is 5.32 Å². The first kappa shape index (κ1) is 19.3. The average molecular weight is 496 g/mol. The highest BCUT2D eigenvalue weighted by Gasteiger charge is 2.19. The fourth-order valence-corrected chi connectivity index (χ4v) is 3.90. The van der Waals surface area contributed by atoms with E-state index >= 15 is 0 Å². The smallest absolute Gasteiger partial charge is 0.260 e. The monoisotopic (exact) mass is 494 g/mol. The van der Waals surface area contributed by atoms with Gasteiger partial charge >= 0.3 is 0 Å². The number of nitrogens with zero attached hydrogens (tertiary/aromatic N) is 7. The first-order chi connectivity index (χ1) is 15.1. The summed E-state index contributed by atoms with van der Waals surface area (Å²) in [6.07, 6.45) is 7.75. The average Bonchev–Trinajstić information content (AvgIpc) is 3.43. The van der Waals surface area contributed by atoms with E-state index < -0.39 is 0 Å². The Morgan fingerprint density at radius 2 is 1.84 bits per heavy atom. The van der Waals surface area contributed by atoms with Crippen LogP contribution in [0, 0.1) is 0 Å². The van der Waals surface area contributed by atoms with Gasteiger partial charge in [-0.1, -0.05) is 17.7 Å². The van der Waals surface area contributed by atoms with Crippen LogP contribution in [0.1, 0.15) is 10.4 Å². The van der Waals surface area contributed by atoms with Crippen molar-refractivity contribution in [2.75, 3.05) is 5.32 Å². The molecule has 1 aromatic carbocycles. The summed E-state index contributed by atoms with van der Waals surface area (Å²) in [5.74, 6) is 0.00236. The lowest BCUT2D eigenvalue weighted by Crippen LogP contribution is -2.13. The molecule has 0 aliphatic rings. The fourth-order valence-electron chi connectivity index (χ4n) is 3.10. The Labute approximate surface area is 188 Å². The second-order valence-corrected chi connectivity index (χ2v) is 7.57. The number of halogens is 2. The molecule has 0 saturated heterocycles. The molecule has 31 heavy (non-hydrogen) atoms. The lowest BCUT2D eigenvalue weighted by atomic mass is 10.2. The Morgan fingerprint density at radius 3 is 2.65 bits per heavy atom. The van der Waals surface area contributed by atoms with Gasteiger partial charge in [0.2, 0.25) is 0 Å². The summed E-state index contributed by atoms with van der Waals surface area (Å²) < 4.78 is 2.16. The molecule has 0 aliphatic heterocycles. The summed E-state index contributed by atoms with van der Waals surface area (Å²) in [6.45, 7) is 0. The van der Waals surface area contributed by atoms with Crippen LogP contribution in [-0.4, -0.2) is 40.6 Å². The minimum absolute atomic E-state index is 0.298. The van der Waals surface area contributed by atoms with E-state index in [-0.39, 0.29) is 5.91 Å². The zero-order valence-electron chi connectivity index (χ0n) is 15.6. The van der Waals surface area contributed by atoms with Crippen LogP contribution in [-0.2, 0) is 0 Å². The summed E-state index contributed by atoms with van der Waals surface area (Å²) in [4.78, 5) is 22.8. The maximum Gasteiger partial charge on any atom is 0.260 e. The van der Waals surface area contributed by atoms with Crippen LogP contribution in [0.4, 0.5) is 5.69 Å². The SMILES string of the molecule is O=C(Nc1cnc(-n2nccn2)c(Cl)c1)c1cnn(-c2cccc3ncccc23)c1Br. The van der Waals surface area contributed by atoms with Gasteiger partial charge in [0.25, 0.3) is 5.91 Å². The quantitative estimate of drug-likeness (QED) is 0.403. The van der Waals surface area contributed by atoms with E-state index in [1.54, 1.807) is 16.9 Å². The van der Waals surface area contributed by atoms with Crippen molar-refractivity contribution >= 4 is 50.0 Å². The summed E-state index contributed by atoms with van der Waals surface area (Å²) >= 11 is 9.77. The number of anilines is 1. The zero-order valence-corrected chi connectivity index (χ0v) is 18.0. The van der Waals surface area contributed by atoms with Crippen LogP contribution in [0.25, 0.3) is 22.4 Å². The van der Waals surface area contributed by atoms with Gasteiger partial charge in [0.1, 0.15) is 4.60 Å². The minimum atomic E-state index is -0.362. The topological polar surface area (TPSA) is 103 Å². The van der Waals surface area contributed by atoms with Crippen molar-refractivity contribution in [2.24, 2.45) is 0 Å². The molecular formula is C20H12BrClN8O. The number of nitrogens with one attached hydrogen (secondary N) is 1. The molecule has 0 bridgehead atoms. The third-order valence-electron chi connectivity index (χ3n) is 4.49. The number of fused-ring (bicyclic) bond motifs is 1. The van der Waals surface area contributed by atoms with E-state index in [1.165, 1.54) is 29.6 Å². The van der Waals surface area contributed by atoms with Crippen molar-refractivity contribution in [2.45, 2.75) is 0 Å². The van der Waals surface area contributed by atoms with Crippen LogP contribution < -0.4 is 5.32 Å². The van der Waals surface area contributed by atoms with Crippen molar-refractivity contribution < 1.29 is 4.79 Å². The fraction of sp³-hybridized carbons (Fsp3) is 0. The van der Waals surface area contributed by atoms with Crippen molar-refractivity contribution in [3.63, 3.8) is 0 Å². The van der Waals surface area contributed by atoms with Gasteiger partial charge in [0.15, 0.2) is 5.82 Å². The maximum absolute atomic E-state index is 12.9. The van der Waals surface area contributed by atoms with E-state index in [0.717, 1.165) is 16.6 Å². The third kappa shape index (κ3) is 3.56. The van der Waals surface area contributed by atoms with Crippen LogP contribution >= 0.6 is 27.5 Å². The Balaban J connectivity index is 1.44. The number of pyridine rings is 2. The standard InChI is InChI=1S/C20H12BrClN8O/c21-18-14(11-27-29(18)17-5-1-4-16-13(17)3-2-6-23-16)20(31)28-12-9-15(22)19(24-10-12)30-25-7-8-26-30/h1-11H,(H,28,31). The number of rotatable bonds is 4. The second kappa shape index (κ2) is 7.89. The van der Waals surface area contributed by atoms with Crippen LogP contribution in [0.2, 0.25) is 5.02 Å². The number of amides is 1. The highest BCUT2D eigenvalue weighted by atomic mass is 79.9. The number of hydrogen-bond acceptors (Lipinski definition) is 6. The molecule has 5 aromatic rings. The molecule has 9 nitrogen and oxygen atoms in total. The molecule has 0 atom stereocenters. The van der Waals surface area contributed by atoms with Gasteiger partial charge in [-0.2, -0.15) is 15.3 Å². The molecule has 1 amide bonds. The molecule has 152 valence electrons. The van der Waals surface area contributed by atoms with Gasteiger partial charge in [-0.3, -0.25) is 9.78 Å². The molecule has 4 aromatic heterocycles. The maximum atomic E-state index is 12.9. The first-order valence-electron chi connectivity index (χ1n) is 9.03. The van der Waals surface area contributed by atoms with Crippen LogP contribution in [0.15, 0.2) is 72.0 Å². The summed E-state index contributed by atoms with van der Waals surface area (Å²) in [5.41, 5.74) is 2.42. The third-order valence-corrected chi connectivity index (χ3v) is 5.54. The number of hydrogen-bond donors (Lipinski definition) is 1. The van der Waals surface area contributed by atoms with Crippen LogP contribution in [0.5, 0.6) is 0 Å². The van der Waals surface area contributed by atoms with E-state index in [9.17, 15) is 4.79 Å². The van der Waals surface area contributed by atoms with Gasteiger partial charge in [0.05, 0.1) is 52.3 Å². The molecule has 0 saturated carbocycles. The molecule has 1 N–H and O–H groups in total. The number of carbonyl (C=O) groups excluding carboxylic acids is 1. The van der Waals surface area contributed by atoms with Crippen LogP contribution in [0.3, 0.4) is 0 Å². The highest BCUT2D eigenvalue weighted by molar-refractivity contribution is 9.10. The molecule has 0 spiro atoms. The molecule has 5 rings (SSSR count). The zero-order chi connectivity index (χ0) is 21.4. The summed E-state index contributed by atoms with van der Waals surface area (Å²) in [6, 6.07) is 11.1. The number of carbonyl (C=O) groups is 1. The molecule has 4 heterocycles. The largest absolute Gasteiger partial charge is 0.320 e. The number of benzene rings is 1. The Morgan fingerprint density at radius 1 is 1.00 bits per heavy atom. The molecule has 11 heteroatoms. The summed E-state index contributed by atoms with van der Waals surface area (Å²) in [5, 5.41) is 16.4. The highest BCUT2D eigenvalue weighted by Crippen LogP contribution is 2.27. The van der Waals surface area contributed by atoms with Crippen molar-refractivity contribution in [3.05, 3.63) is 82.6 Å². The van der Waals surface area contributed by atoms with Gasteiger partial charge in [-0.25, -0.2) is 9.67 Å². The molecular weight excluding hydrogens is 484 g/mol. The second-order valence-electron chi connectivity index (χ2n) is 6.41. The van der Waals surface area contributed by atoms with Crippen molar-refractivity contribution in [1.82, 2.24) is 34.7 Å². The molecule has 0 fully saturated rings. The predicted molar refractivity (Wildman–Crippen MR) is 119 cm³/mol. The Bertz CT molecular complexity index is 1410. The van der Waals surface area contributed by atoms with Gasteiger partial charge in [0, 0.05) is 11.6 Å². The first-order valence-corrected chi connectivity index (χ1v) is 10.2. The molecule has 0 unspecified atom stereocenters. The molecule has 0 aliphatic carbocycles. The molecule has 0 radical (unpaired) electrons. The number of aromatic nitrogens is 7. The Hall–Kier alpha value is -3.63. The summed E-state index contributed by atoms with van der Waals surface area (Å²) in [7, 11) is 0. The lowest BCUT2D eigenvalue weighted by molar-refractivity contribution is 0.102. The van der Waals surface area contributed by atoms with E-state index in [4.69, 9.17) is 11.6 Å². The van der Waals surface area contributed by atoms with Crippen molar-refractivity contribution in [3.8, 4) is 11.5 Å². The Kier molecular flexibility index (Phi) is 4.92. The van der Waals surface area contributed by atoms with Gasteiger partial charge in [-0.15, -0.1) is 4.80 Å². The van der Waals surface area contributed by atoms with E-state index in [0.29, 0.717) is 26.7 Å². The van der Waals surface area contributed by atoms with E-state index in [1.807, 2.05) is 30.3 Å². The normalized spacial score (nSPS) is 11.0. The minimum Gasteiger partial charge on any atom is -0.320 e.